The predicted molar refractivity (Wildman–Crippen MR) is 87.2 cm³/mol. The third-order valence-corrected chi connectivity index (χ3v) is 4.96. The highest BCUT2D eigenvalue weighted by Crippen LogP contribution is 2.06. The number of rotatable bonds is 3. The molecule has 0 N–H and O–H groups in total. The Morgan fingerprint density at radius 2 is 1.00 bits per heavy atom. The van der Waals surface area contributed by atoms with E-state index in [2.05, 4.69) is 60.9 Å². The minimum Gasteiger partial charge on any atom is -0.120 e. The average molecular weight is 287 g/mol. The van der Waals surface area contributed by atoms with Gasteiger partial charge in [-0.25, -0.2) is 0 Å². The van der Waals surface area contributed by atoms with Gasteiger partial charge in [-0.2, -0.15) is 0 Å². The van der Waals surface area contributed by atoms with Crippen LogP contribution >= 0.6 is 23.5 Å². The van der Waals surface area contributed by atoms with Crippen molar-refractivity contribution in [1.82, 2.24) is 0 Å². The molecule has 0 bridgehead atoms. The van der Waals surface area contributed by atoms with Crippen molar-refractivity contribution < 1.29 is 0 Å². The summed E-state index contributed by atoms with van der Waals surface area (Å²) in [5.74, 6) is 2.17. The van der Waals surface area contributed by atoms with Crippen LogP contribution in [0.1, 0.15) is 0 Å². The Kier molecular flexibility index (Phi) is 7.67. The third kappa shape index (κ3) is 14.3. The lowest BCUT2D eigenvalue weighted by molar-refractivity contribution is 1.57. The molecule has 0 aliphatic heterocycles. The van der Waals surface area contributed by atoms with Crippen LogP contribution in [0.25, 0.3) is 0 Å². The van der Waals surface area contributed by atoms with Crippen LogP contribution in [0.15, 0.2) is 0 Å². The lowest BCUT2D eigenvalue weighted by Gasteiger charge is -2.03. The van der Waals surface area contributed by atoms with Gasteiger partial charge in [0.1, 0.15) is 16.1 Å². The van der Waals surface area contributed by atoms with Crippen LogP contribution in [-0.2, 0) is 0 Å². The summed E-state index contributed by atoms with van der Waals surface area (Å²) in [6.07, 6.45) is 0. The fraction of sp³-hybridized carbons (Fsp3) is 0.667. The second-order valence-corrected chi connectivity index (χ2v) is 17.0. The van der Waals surface area contributed by atoms with E-state index in [4.69, 9.17) is 0 Å². The van der Waals surface area contributed by atoms with Crippen molar-refractivity contribution in [2.75, 3.05) is 11.5 Å². The maximum absolute atomic E-state index is 3.35. The molecule has 0 saturated carbocycles. The van der Waals surface area contributed by atoms with Gasteiger partial charge in [-0.15, -0.1) is 11.1 Å². The standard InChI is InChI=1S/C12H22S2Si2/c1-15(2,3)11-9-13-7-8-14-10-12-16(4,5)6/h7-8H2,1-6H3. The third-order valence-electron chi connectivity index (χ3n) is 1.28. The van der Waals surface area contributed by atoms with E-state index in [0.29, 0.717) is 0 Å². The molecular formula is C12H22S2Si2. The van der Waals surface area contributed by atoms with Gasteiger partial charge in [-0.3, -0.25) is 0 Å². The van der Waals surface area contributed by atoms with E-state index in [0.717, 1.165) is 11.5 Å². The van der Waals surface area contributed by atoms with E-state index in [-0.39, 0.29) is 0 Å². The molecule has 0 aromatic carbocycles. The summed E-state index contributed by atoms with van der Waals surface area (Å²) >= 11 is 3.47. The predicted octanol–water partition coefficient (Wildman–Crippen LogP) is 4.13. The molecule has 4 heteroatoms. The van der Waals surface area contributed by atoms with Gasteiger partial charge in [-0.1, -0.05) is 62.8 Å². The summed E-state index contributed by atoms with van der Waals surface area (Å²) in [7, 11) is -2.34. The first-order valence-electron chi connectivity index (χ1n) is 5.49. The van der Waals surface area contributed by atoms with Crippen molar-refractivity contribution in [1.29, 1.82) is 0 Å². The minimum absolute atomic E-state index is 1.09. The van der Waals surface area contributed by atoms with Crippen LogP contribution in [0, 0.1) is 21.6 Å². The Labute approximate surface area is 112 Å². The topological polar surface area (TPSA) is 0 Å². The van der Waals surface area contributed by atoms with Gasteiger partial charge in [-0.05, 0) is 10.5 Å². The van der Waals surface area contributed by atoms with Crippen LogP contribution in [0.4, 0.5) is 0 Å². The fourth-order valence-electron chi connectivity index (χ4n) is 0.564. The van der Waals surface area contributed by atoms with E-state index in [1.54, 1.807) is 23.5 Å². The van der Waals surface area contributed by atoms with Crippen molar-refractivity contribution in [2.45, 2.75) is 39.3 Å². The van der Waals surface area contributed by atoms with E-state index in [1.165, 1.54) is 0 Å². The molecule has 0 saturated heterocycles. The van der Waals surface area contributed by atoms with Crippen molar-refractivity contribution in [3.8, 4) is 21.6 Å². The number of thioether (sulfide) groups is 2. The molecule has 0 heterocycles. The molecule has 90 valence electrons. The molecule has 0 amide bonds. The van der Waals surface area contributed by atoms with Gasteiger partial charge in [0.25, 0.3) is 0 Å². The molecule has 0 rings (SSSR count). The Morgan fingerprint density at radius 3 is 1.25 bits per heavy atom. The lowest BCUT2D eigenvalue weighted by Crippen LogP contribution is -2.16. The largest absolute Gasteiger partial charge is 0.130 e. The second kappa shape index (κ2) is 7.55. The molecule has 0 aliphatic carbocycles. The monoisotopic (exact) mass is 286 g/mol. The van der Waals surface area contributed by atoms with E-state index in [1.807, 2.05) is 0 Å². The zero-order chi connectivity index (χ0) is 12.7. The molecular weight excluding hydrogens is 264 g/mol. The summed E-state index contributed by atoms with van der Waals surface area (Å²) in [6.45, 7) is 13.6. The van der Waals surface area contributed by atoms with Gasteiger partial charge in [0.2, 0.25) is 0 Å². The first-order valence-corrected chi connectivity index (χ1v) is 14.5. The zero-order valence-electron chi connectivity index (χ0n) is 11.2. The van der Waals surface area contributed by atoms with Crippen LogP contribution in [0.5, 0.6) is 0 Å². The lowest BCUT2D eigenvalue weighted by atomic mass is 11.0. The highest BCUT2D eigenvalue weighted by molar-refractivity contribution is 8.07. The fourth-order valence-corrected chi connectivity index (χ4v) is 4.46. The minimum atomic E-state index is -1.17. The summed E-state index contributed by atoms with van der Waals surface area (Å²) in [5.41, 5.74) is 6.70. The van der Waals surface area contributed by atoms with E-state index >= 15 is 0 Å². The van der Waals surface area contributed by atoms with Crippen molar-refractivity contribution >= 4 is 39.7 Å². The molecule has 0 radical (unpaired) electrons. The Bertz CT molecular complexity index is 281. The summed E-state index contributed by atoms with van der Waals surface area (Å²) in [6, 6.07) is 0. The molecule has 0 aliphatic rings. The first kappa shape index (κ1) is 16.3. The van der Waals surface area contributed by atoms with Gasteiger partial charge >= 0.3 is 0 Å². The quantitative estimate of drug-likeness (QED) is 0.435. The van der Waals surface area contributed by atoms with Gasteiger partial charge in [0, 0.05) is 11.5 Å². The summed E-state index contributed by atoms with van der Waals surface area (Å²) in [5, 5.41) is 6.42. The van der Waals surface area contributed by atoms with Crippen LogP contribution in [0.3, 0.4) is 0 Å². The van der Waals surface area contributed by atoms with E-state index in [9.17, 15) is 0 Å². The number of hydrogen-bond acceptors (Lipinski definition) is 2. The molecule has 0 nitrogen and oxygen atoms in total. The first-order chi connectivity index (χ1) is 7.21. The maximum Gasteiger partial charge on any atom is 0.130 e. The van der Waals surface area contributed by atoms with Crippen molar-refractivity contribution in [2.24, 2.45) is 0 Å². The highest BCUT2D eigenvalue weighted by atomic mass is 32.2. The van der Waals surface area contributed by atoms with Crippen molar-refractivity contribution in [3.63, 3.8) is 0 Å². The zero-order valence-corrected chi connectivity index (χ0v) is 14.9. The van der Waals surface area contributed by atoms with Crippen molar-refractivity contribution in [3.05, 3.63) is 0 Å². The van der Waals surface area contributed by atoms with Crippen LogP contribution < -0.4 is 0 Å². The Balaban J connectivity index is 3.61. The SMILES string of the molecule is C[Si](C)(C)C#CSCCSC#C[Si](C)(C)C. The summed E-state index contributed by atoms with van der Waals surface area (Å²) in [4.78, 5) is 0. The highest BCUT2D eigenvalue weighted by Gasteiger charge is 2.07. The Morgan fingerprint density at radius 1 is 0.688 bits per heavy atom. The molecule has 16 heavy (non-hydrogen) atoms. The van der Waals surface area contributed by atoms with Gasteiger partial charge in [0.05, 0.1) is 0 Å². The Hall–Kier alpha value is 0.254. The van der Waals surface area contributed by atoms with Crippen LogP contribution in [0.2, 0.25) is 39.3 Å². The van der Waals surface area contributed by atoms with Crippen LogP contribution in [-0.4, -0.2) is 27.7 Å². The molecule has 0 atom stereocenters. The van der Waals surface area contributed by atoms with E-state index < -0.39 is 16.1 Å². The molecule has 0 aromatic heterocycles. The average Bonchev–Trinajstić information content (AvgIpc) is 2.06. The van der Waals surface area contributed by atoms with Gasteiger partial charge in [0.15, 0.2) is 0 Å². The molecule has 0 unspecified atom stereocenters. The normalized spacial score (nSPS) is 11.1. The molecule has 0 aromatic rings. The summed E-state index contributed by atoms with van der Waals surface area (Å²) < 4.78 is 0. The second-order valence-electron chi connectivity index (χ2n) is 5.65. The smallest absolute Gasteiger partial charge is 0.120 e. The molecule has 0 fully saturated rings. The molecule has 0 spiro atoms. The maximum atomic E-state index is 3.35. The van der Waals surface area contributed by atoms with Gasteiger partial charge < -0.3 is 0 Å². The number of hydrogen-bond donors (Lipinski definition) is 0.